The Bertz CT molecular complexity index is 1110. The number of rotatable bonds is 5. The zero-order valence-electron chi connectivity index (χ0n) is 19.3. The zero-order chi connectivity index (χ0) is 25.5. The van der Waals surface area contributed by atoms with E-state index in [4.69, 9.17) is 16.3 Å². The van der Waals surface area contributed by atoms with Gasteiger partial charge in [0.25, 0.3) is 5.91 Å². The summed E-state index contributed by atoms with van der Waals surface area (Å²) < 4.78 is 20.4. The van der Waals surface area contributed by atoms with E-state index in [2.05, 4.69) is 24.4 Å². The molecule has 1 saturated carbocycles. The molecule has 10 heteroatoms. The molecule has 2 aliphatic carbocycles. The van der Waals surface area contributed by atoms with Gasteiger partial charge in [0.15, 0.2) is 0 Å². The van der Waals surface area contributed by atoms with Gasteiger partial charge in [-0.3, -0.25) is 4.79 Å². The van der Waals surface area contributed by atoms with Gasteiger partial charge in [0, 0.05) is 22.1 Å². The molecule has 0 bridgehead atoms. The highest BCUT2D eigenvalue weighted by Crippen LogP contribution is 2.37. The zero-order valence-corrected chi connectivity index (χ0v) is 20.8. The van der Waals surface area contributed by atoms with Crippen molar-refractivity contribution in [2.45, 2.75) is 64.4 Å². The molecule has 1 aromatic carbocycles. The second-order valence-corrected chi connectivity index (χ2v) is 9.93. The summed E-state index contributed by atoms with van der Waals surface area (Å²) in [7, 11) is 0. The van der Waals surface area contributed by atoms with Crippen LogP contribution < -0.4 is 9.64 Å². The van der Waals surface area contributed by atoms with Gasteiger partial charge in [0.1, 0.15) is 11.6 Å². The first-order valence-corrected chi connectivity index (χ1v) is 12.6. The number of anilines is 1. The molecule has 1 heterocycles. The second-order valence-electron chi connectivity index (χ2n) is 8.37. The molecule has 1 aromatic heterocycles. The van der Waals surface area contributed by atoms with Crippen molar-refractivity contribution in [1.29, 1.82) is 0 Å². The van der Waals surface area contributed by atoms with E-state index in [1.165, 1.54) is 4.88 Å². The van der Waals surface area contributed by atoms with Gasteiger partial charge in [-0.15, -0.1) is 11.3 Å². The maximum atomic E-state index is 14.6. The van der Waals surface area contributed by atoms with Gasteiger partial charge < -0.3 is 14.9 Å². The van der Waals surface area contributed by atoms with Crippen LogP contribution in [0, 0.1) is 12.7 Å². The number of nitrogens with zero attached hydrogens (tertiary/aromatic N) is 1. The van der Waals surface area contributed by atoms with E-state index in [1.54, 1.807) is 11.3 Å². The number of amides is 2. The maximum absolute atomic E-state index is 14.6. The van der Waals surface area contributed by atoms with E-state index >= 15 is 0 Å². The molecule has 0 atom stereocenters. The standard InChI is InChI=1S/C20H21ClFNO6.C5H6S/c21-14-9-15(22)16(10-17(14)29-11-5-1-2-6-11)23(20(27)28)18(24)12-7-3-4-8-13(12)19(25)26;1-5-3-2-4-6-5/h9-11H,1-8H2,(H,25,26)(H,27,28);2-4H,1H3. The highest BCUT2D eigenvalue weighted by atomic mass is 35.5. The fourth-order valence-electron chi connectivity index (χ4n) is 4.14. The first-order chi connectivity index (χ1) is 16.7. The van der Waals surface area contributed by atoms with Crippen LogP contribution in [0.5, 0.6) is 5.75 Å². The first-order valence-electron chi connectivity index (χ1n) is 11.4. The van der Waals surface area contributed by atoms with Crippen LogP contribution in [-0.4, -0.2) is 34.3 Å². The Labute approximate surface area is 211 Å². The van der Waals surface area contributed by atoms with Crippen molar-refractivity contribution in [1.82, 2.24) is 0 Å². The third-order valence-electron chi connectivity index (χ3n) is 5.88. The molecular weight excluding hydrogens is 497 g/mol. The normalized spacial score (nSPS) is 15.9. The molecule has 35 heavy (non-hydrogen) atoms. The van der Waals surface area contributed by atoms with E-state index in [1.807, 2.05) is 0 Å². The van der Waals surface area contributed by atoms with Crippen molar-refractivity contribution in [2.24, 2.45) is 0 Å². The van der Waals surface area contributed by atoms with Gasteiger partial charge in [0.2, 0.25) is 0 Å². The highest BCUT2D eigenvalue weighted by molar-refractivity contribution is 7.09. The number of carbonyl (C=O) groups excluding carboxylic acids is 1. The lowest BCUT2D eigenvalue weighted by Crippen LogP contribution is -2.39. The van der Waals surface area contributed by atoms with E-state index in [0.717, 1.165) is 37.8 Å². The molecule has 0 radical (unpaired) electrons. The number of carboxylic acid groups (broad SMARTS) is 2. The van der Waals surface area contributed by atoms with Crippen LogP contribution in [0.25, 0.3) is 0 Å². The number of thiophene rings is 1. The van der Waals surface area contributed by atoms with Gasteiger partial charge in [-0.2, -0.15) is 0 Å². The van der Waals surface area contributed by atoms with Crippen molar-refractivity contribution >= 4 is 46.6 Å². The van der Waals surface area contributed by atoms with E-state index in [9.17, 15) is 29.0 Å². The third kappa shape index (κ3) is 6.82. The van der Waals surface area contributed by atoms with Crippen molar-refractivity contribution in [3.63, 3.8) is 0 Å². The molecule has 2 aliphatic rings. The van der Waals surface area contributed by atoms with Crippen LogP contribution in [0.1, 0.15) is 56.2 Å². The molecule has 2 amide bonds. The van der Waals surface area contributed by atoms with Crippen LogP contribution in [0.15, 0.2) is 40.8 Å². The topological polar surface area (TPSA) is 104 Å². The van der Waals surface area contributed by atoms with Crippen LogP contribution in [0.4, 0.5) is 14.9 Å². The average molecular weight is 524 g/mol. The lowest BCUT2D eigenvalue weighted by atomic mass is 9.90. The number of hydrogen-bond donors (Lipinski definition) is 2. The number of aliphatic carboxylic acids is 1. The van der Waals surface area contributed by atoms with Gasteiger partial charge in [-0.1, -0.05) is 17.7 Å². The molecule has 0 aliphatic heterocycles. The predicted octanol–water partition coefficient (Wildman–Crippen LogP) is 6.82. The molecule has 1 fully saturated rings. The number of benzene rings is 1. The quantitative estimate of drug-likeness (QED) is 0.445. The smallest absolute Gasteiger partial charge is 0.419 e. The minimum Gasteiger partial charge on any atom is -0.489 e. The summed E-state index contributed by atoms with van der Waals surface area (Å²) in [6.07, 6.45) is 3.16. The summed E-state index contributed by atoms with van der Waals surface area (Å²) in [5.74, 6) is -3.27. The minimum atomic E-state index is -1.72. The molecule has 7 nitrogen and oxygen atoms in total. The summed E-state index contributed by atoms with van der Waals surface area (Å²) in [6.45, 7) is 2.10. The summed E-state index contributed by atoms with van der Waals surface area (Å²) in [4.78, 5) is 37.9. The summed E-state index contributed by atoms with van der Waals surface area (Å²) >= 11 is 7.83. The number of imide groups is 1. The Morgan fingerprint density at radius 1 is 1.09 bits per heavy atom. The maximum Gasteiger partial charge on any atom is 0.419 e. The Hall–Kier alpha value is -2.91. The van der Waals surface area contributed by atoms with Crippen LogP contribution in [0.3, 0.4) is 0 Å². The number of carboxylic acids is 1. The third-order valence-corrected chi connectivity index (χ3v) is 6.98. The number of halogens is 2. The van der Waals surface area contributed by atoms with Crippen molar-refractivity contribution in [3.05, 3.63) is 56.5 Å². The van der Waals surface area contributed by atoms with Gasteiger partial charge in [-0.05, 0) is 75.8 Å². The molecule has 188 valence electrons. The monoisotopic (exact) mass is 523 g/mol. The molecular formula is C25H27ClFNO6S. The van der Waals surface area contributed by atoms with Gasteiger partial charge in [-0.25, -0.2) is 18.9 Å². The fourth-order valence-corrected chi connectivity index (χ4v) is 4.86. The van der Waals surface area contributed by atoms with E-state index < -0.39 is 29.5 Å². The Morgan fingerprint density at radius 3 is 2.26 bits per heavy atom. The predicted molar refractivity (Wildman–Crippen MR) is 132 cm³/mol. The Morgan fingerprint density at radius 2 is 1.74 bits per heavy atom. The largest absolute Gasteiger partial charge is 0.489 e. The molecule has 0 unspecified atom stereocenters. The van der Waals surface area contributed by atoms with E-state index in [0.29, 0.717) is 12.8 Å². The molecule has 2 aromatic rings. The van der Waals surface area contributed by atoms with Crippen LogP contribution in [0.2, 0.25) is 5.02 Å². The van der Waals surface area contributed by atoms with Crippen molar-refractivity contribution < 1.29 is 33.7 Å². The molecule has 4 rings (SSSR count). The SMILES string of the molecule is Cc1cccs1.O=C(O)C1=C(C(=O)N(C(=O)O)c2cc(OC3CCCC3)c(Cl)cc2F)CCCC1. The van der Waals surface area contributed by atoms with Gasteiger partial charge >= 0.3 is 12.1 Å². The molecule has 0 saturated heterocycles. The summed E-state index contributed by atoms with van der Waals surface area (Å²) in [6, 6.07) is 6.15. The number of carbonyl (C=O) groups is 3. The molecule has 2 N–H and O–H groups in total. The van der Waals surface area contributed by atoms with E-state index in [-0.39, 0.29) is 45.8 Å². The van der Waals surface area contributed by atoms with Gasteiger partial charge in [0.05, 0.1) is 16.8 Å². The van der Waals surface area contributed by atoms with Crippen LogP contribution >= 0.6 is 22.9 Å². The Kier molecular flexibility index (Phi) is 9.28. The summed E-state index contributed by atoms with van der Waals surface area (Å²) in [5.41, 5.74) is -0.800. The lowest BCUT2D eigenvalue weighted by molar-refractivity contribution is -0.133. The fraction of sp³-hybridized carbons (Fsp3) is 0.400. The average Bonchev–Trinajstić information content (AvgIpc) is 3.51. The Balaban J connectivity index is 0.000000497. The first kappa shape index (κ1) is 26.7. The second kappa shape index (κ2) is 12.2. The number of ether oxygens (including phenoxy) is 1. The number of aryl methyl sites for hydroxylation is 1. The van der Waals surface area contributed by atoms with Crippen LogP contribution in [-0.2, 0) is 9.59 Å². The highest BCUT2D eigenvalue weighted by Gasteiger charge is 2.33. The number of hydrogen-bond acceptors (Lipinski definition) is 5. The molecule has 0 spiro atoms. The lowest BCUT2D eigenvalue weighted by Gasteiger charge is -2.24. The summed E-state index contributed by atoms with van der Waals surface area (Å²) in [5, 5.41) is 21.0. The van der Waals surface area contributed by atoms with Crippen molar-refractivity contribution in [3.8, 4) is 5.75 Å². The van der Waals surface area contributed by atoms with Crippen molar-refractivity contribution in [2.75, 3.05) is 4.90 Å². The minimum absolute atomic E-state index is 0.0287.